The molecule has 3 N–H and O–H groups in total. The highest BCUT2D eigenvalue weighted by Crippen LogP contribution is 2.45. The molecule has 0 heterocycles. The molecular weight excluding hydrogens is 242 g/mol. The molecule has 1 aromatic carbocycles. The molecule has 2 atom stereocenters. The van der Waals surface area contributed by atoms with E-state index in [-0.39, 0.29) is 12.5 Å². The van der Waals surface area contributed by atoms with E-state index in [1.807, 2.05) is 6.07 Å². The van der Waals surface area contributed by atoms with E-state index < -0.39 is 5.97 Å². The van der Waals surface area contributed by atoms with Crippen molar-refractivity contribution in [3.8, 4) is 5.75 Å². The number of carboxylic acids is 1. The molecule has 0 bridgehead atoms. The van der Waals surface area contributed by atoms with Crippen LogP contribution in [0, 0.1) is 6.92 Å². The summed E-state index contributed by atoms with van der Waals surface area (Å²) in [6.45, 7) is 4.91. The molecule has 1 aliphatic carbocycles. The van der Waals surface area contributed by atoms with Gasteiger partial charge in [0.05, 0.1) is 0 Å². The van der Waals surface area contributed by atoms with Crippen LogP contribution in [0.1, 0.15) is 54.8 Å². The Bertz CT molecular complexity index is 485. The smallest absolute Gasteiger partial charge is 0.303 e. The minimum Gasteiger partial charge on any atom is -0.508 e. The zero-order valence-electron chi connectivity index (χ0n) is 11.4. The average Bonchev–Trinajstić information content (AvgIpc) is 2.68. The number of fused-ring (bicyclic) bond motifs is 1. The monoisotopic (exact) mass is 263 g/mol. The molecule has 0 radical (unpaired) electrons. The molecule has 1 aromatic rings. The molecule has 2 rings (SSSR count). The van der Waals surface area contributed by atoms with E-state index >= 15 is 0 Å². The average molecular weight is 263 g/mol. The number of hydrogen-bond donors (Lipinski definition) is 3. The number of nitrogens with one attached hydrogen (secondary N) is 1. The Balaban J connectivity index is 2.07. The lowest BCUT2D eigenvalue weighted by Gasteiger charge is -2.15. The van der Waals surface area contributed by atoms with Crippen LogP contribution in [-0.2, 0) is 4.79 Å². The molecule has 4 nitrogen and oxygen atoms in total. The fourth-order valence-electron chi connectivity index (χ4n) is 3.04. The third-order valence-electron chi connectivity index (χ3n) is 3.87. The van der Waals surface area contributed by atoms with Crippen molar-refractivity contribution >= 4 is 5.97 Å². The summed E-state index contributed by atoms with van der Waals surface area (Å²) in [7, 11) is 0. The molecule has 0 spiro atoms. The largest absolute Gasteiger partial charge is 0.508 e. The van der Waals surface area contributed by atoms with Gasteiger partial charge in [-0.05, 0) is 49.4 Å². The molecule has 0 saturated heterocycles. The number of phenols is 1. The van der Waals surface area contributed by atoms with Crippen molar-refractivity contribution < 1.29 is 15.0 Å². The molecule has 0 aromatic heterocycles. The summed E-state index contributed by atoms with van der Waals surface area (Å²) in [6, 6.07) is 3.84. The number of aliphatic carboxylic acids is 1. The van der Waals surface area contributed by atoms with E-state index in [1.54, 1.807) is 6.07 Å². The van der Waals surface area contributed by atoms with E-state index in [0.717, 1.165) is 12.0 Å². The van der Waals surface area contributed by atoms with Crippen LogP contribution < -0.4 is 5.32 Å². The summed E-state index contributed by atoms with van der Waals surface area (Å²) in [4.78, 5) is 10.5. The van der Waals surface area contributed by atoms with Gasteiger partial charge in [0, 0.05) is 18.0 Å². The number of benzene rings is 1. The lowest BCUT2D eigenvalue weighted by atomic mass is 9.97. The normalized spacial score (nSPS) is 21.4. The van der Waals surface area contributed by atoms with Crippen molar-refractivity contribution in [3.63, 3.8) is 0 Å². The lowest BCUT2D eigenvalue weighted by molar-refractivity contribution is -0.137. The number of aryl methyl sites for hydroxylation is 1. The maximum atomic E-state index is 10.5. The van der Waals surface area contributed by atoms with Crippen molar-refractivity contribution in [2.24, 2.45) is 0 Å². The Kier molecular flexibility index (Phi) is 4.10. The predicted octanol–water partition coefficient (Wildman–Crippen LogP) is 2.70. The van der Waals surface area contributed by atoms with Crippen LogP contribution in [0.5, 0.6) is 5.75 Å². The standard InChI is InChI=1S/C15H21NO3/c1-9-5-6-12(17)15-11(8-10(2)14(9)15)16-7-3-4-13(18)19/h5-6,10-11,16-17H,3-4,7-8H2,1-2H3,(H,18,19). The number of rotatable bonds is 5. The SMILES string of the molecule is Cc1ccc(O)c2c1C(C)CC2NCCCC(=O)O. The second-order valence-corrected chi connectivity index (χ2v) is 5.37. The van der Waals surface area contributed by atoms with E-state index in [1.165, 1.54) is 11.1 Å². The van der Waals surface area contributed by atoms with Gasteiger partial charge in [0.2, 0.25) is 0 Å². The number of aromatic hydroxyl groups is 1. The molecular formula is C15H21NO3. The molecule has 104 valence electrons. The Morgan fingerprint density at radius 3 is 2.84 bits per heavy atom. The summed E-state index contributed by atoms with van der Waals surface area (Å²) >= 11 is 0. The highest BCUT2D eigenvalue weighted by atomic mass is 16.4. The van der Waals surface area contributed by atoms with Crippen molar-refractivity contribution in [2.45, 2.75) is 45.1 Å². The van der Waals surface area contributed by atoms with Crippen LogP contribution in [-0.4, -0.2) is 22.7 Å². The number of carboxylic acid groups (broad SMARTS) is 1. The zero-order chi connectivity index (χ0) is 14.0. The number of hydrogen-bond acceptors (Lipinski definition) is 3. The fourth-order valence-corrected chi connectivity index (χ4v) is 3.04. The third-order valence-corrected chi connectivity index (χ3v) is 3.87. The van der Waals surface area contributed by atoms with E-state index in [2.05, 4.69) is 19.2 Å². The molecule has 0 aliphatic heterocycles. The van der Waals surface area contributed by atoms with Crippen molar-refractivity contribution in [2.75, 3.05) is 6.54 Å². The van der Waals surface area contributed by atoms with E-state index in [9.17, 15) is 9.90 Å². The Morgan fingerprint density at radius 2 is 2.16 bits per heavy atom. The first kappa shape index (κ1) is 13.9. The van der Waals surface area contributed by atoms with Gasteiger partial charge in [0.15, 0.2) is 0 Å². The molecule has 2 unspecified atom stereocenters. The quantitative estimate of drug-likeness (QED) is 0.714. The second kappa shape index (κ2) is 5.61. The van der Waals surface area contributed by atoms with Gasteiger partial charge in [-0.25, -0.2) is 0 Å². The van der Waals surface area contributed by atoms with Gasteiger partial charge in [-0.15, -0.1) is 0 Å². The summed E-state index contributed by atoms with van der Waals surface area (Å²) in [5.41, 5.74) is 3.47. The van der Waals surface area contributed by atoms with Crippen molar-refractivity contribution in [1.82, 2.24) is 5.32 Å². The van der Waals surface area contributed by atoms with Crippen LogP contribution in [0.4, 0.5) is 0 Å². The molecule has 1 aliphatic rings. The summed E-state index contributed by atoms with van der Waals surface area (Å²) in [6.07, 6.45) is 1.75. The van der Waals surface area contributed by atoms with Crippen LogP contribution in [0.25, 0.3) is 0 Å². The van der Waals surface area contributed by atoms with Crippen molar-refractivity contribution in [3.05, 3.63) is 28.8 Å². The van der Waals surface area contributed by atoms with Gasteiger partial charge in [-0.2, -0.15) is 0 Å². The highest BCUT2D eigenvalue weighted by Gasteiger charge is 2.31. The van der Waals surface area contributed by atoms with Crippen LogP contribution in [0.3, 0.4) is 0 Å². The van der Waals surface area contributed by atoms with Crippen LogP contribution in [0.2, 0.25) is 0 Å². The Labute approximate surface area is 113 Å². The number of carbonyl (C=O) groups is 1. The first-order valence-corrected chi connectivity index (χ1v) is 6.78. The second-order valence-electron chi connectivity index (χ2n) is 5.37. The molecule has 0 amide bonds. The number of phenolic OH excluding ortho intramolecular Hbond substituents is 1. The maximum Gasteiger partial charge on any atom is 0.303 e. The van der Waals surface area contributed by atoms with E-state index in [4.69, 9.17) is 5.11 Å². The first-order valence-electron chi connectivity index (χ1n) is 6.78. The summed E-state index contributed by atoms with van der Waals surface area (Å²) in [5, 5.41) is 22.0. The zero-order valence-corrected chi connectivity index (χ0v) is 11.4. The van der Waals surface area contributed by atoms with Crippen molar-refractivity contribution in [1.29, 1.82) is 0 Å². The van der Waals surface area contributed by atoms with Gasteiger partial charge in [0.25, 0.3) is 0 Å². The highest BCUT2D eigenvalue weighted by molar-refractivity contribution is 5.66. The maximum absolute atomic E-state index is 10.5. The fraction of sp³-hybridized carbons (Fsp3) is 0.533. The molecule has 4 heteroatoms. The first-order chi connectivity index (χ1) is 9.00. The molecule has 19 heavy (non-hydrogen) atoms. The summed E-state index contributed by atoms with van der Waals surface area (Å²) < 4.78 is 0. The topological polar surface area (TPSA) is 69.6 Å². The Hall–Kier alpha value is -1.55. The predicted molar refractivity (Wildman–Crippen MR) is 73.5 cm³/mol. The minimum absolute atomic E-state index is 0.138. The molecule has 0 fully saturated rings. The van der Waals surface area contributed by atoms with Gasteiger partial charge in [-0.3, -0.25) is 4.79 Å². The lowest BCUT2D eigenvalue weighted by Crippen LogP contribution is -2.21. The van der Waals surface area contributed by atoms with E-state index in [0.29, 0.717) is 24.6 Å². The van der Waals surface area contributed by atoms with Gasteiger partial charge in [0.1, 0.15) is 5.75 Å². The van der Waals surface area contributed by atoms with Gasteiger partial charge in [-0.1, -0.05) is 13.0 Å². The van der Waals surface area contributed by atoms with Crippen LogP contribution in [0.15, 0.2) is 12.1 Å². The van der Waals surface area contributed by atoms with Gasteiger partial charge >= 0.3 is 5.97 Å². The van der Waals surface area contributed by atoms with Gasteiger partial charge < -0.3 is 15.5 Å². The third kappa shape index (κ3) is 2.89. The molecule has 0 saturated carbocycles. The van der Waals surface area contributed by atoms with Crippen LogP contribution >= 0.6 is 0 Å². The Morgan fingerprint density at radius 1 is 1.42 bits per heavy atom. The summed E-state index contributed by atoms with van der Waals surface area (Å²) in [5.74, 6) is 0.0143. The minimum atomic E-state index is -0.763.